The van der Waals surface area contributed by atoms with E-state index in [1.807, 2.05) is 18.2 Å². The number of hydrogen-bond acceptors (Lipinski definition) is 6. The SMILES string of the molecule is COC(=O)c1cccc(COC2CCn3c(CCc4ccccc4)nc4cccc2c43)c1C(=O)OC. The van der Waals surface area contributed by atoms with Crippen molar-refractivity contribution < 1.29 is 23.8 Å². The predicted octanol–water partition coefficient (Wildman–Crippen LogP) is 5.06. The first kappa shape index (κ1) is 23.8. The van der Waals surface area contributed by atoms with E-state index in [1.54, 1.807) is 18.2 Å². The van der Waals surface area contributed by atoms with Crippen molar-refractivity contribution in [2.75, 3.05) is 14.2 Å². The lowest BCUT2D eigenvalue weighted by Gasteiger charge is -2.26. The third kappa shape index (κ3) is 4.50. The number of carbonyl (C=O) groups is 2. The van der Waals surface area contributed by atoms with Crippen LogP contribution in [0.1, 0.15) is 55.8 Å². The fourth-order valence-electron chi connectivity index (χ4n) is 4.96. The highest BCUT2D eigenvalue weighted by Crippen LogP contribution is 2.36. The minimum absolute atomic E-state index is 0.158. The topological polar surface area (TPSA) is 79.7 Å². The first-order valence-corrected chi connectivity index (χ1v) is 12.0. The maximum atomic E-state index is 12.5. The van der Waals surface area contributed by atoms with E-state index in [9.17, 15) is 9.59 Å². The number of aryl methyl sites for hydroxylation is 3. The molecule has 1 aliphatic rings. The molecule has 0 amide bonds. The van der Waals surface area contributed by atoms with Crippen LogP contribution >= 0.6 is 0 Å². The van der Waals surface area contributed by atoms with Gasteiger partial charge in [0.05, 0.1) is 49.1 Å². The number of hydrogen-bond donors (Lipinski definition) is 0. The summed E-state index contributed by atoms with van der Waals surface area (Å²) in [6.07, 6.45) is 2.43. The molecule has 36 heavy (non-hydrogen) atoms. The second-order valence-corrected chi connectivity index (χ2v) is 8.79. The second kappa shape index (κ2) is 10.3. The maximum absolute atomic E-state index is 12.5. The van der Waals surface area contributed by atoms with Crippen LogP contribution in [0.2, 0.25) is 0 Å². The molecule has 1 aliphatic heterocycles. The van der Waals surface area contributed by atoms with E-state index < -0.39 is 11.9 Å². The maximum Gasteiger partial charge on any atom is 0.339 e. The smallest absolute Gasteiger partial charge is 0.339 e. The van der Waals surface area contributed by atoms with Crippen LogP contribution in [0.5, 0.6) is 0 Å². The molecule has 1 aromatic heterocycles. The van der Waals surface area contributed by atoms with E-state index in [0.29, 0.717) is 5.56 Å². The monoisotopic (exact) mass is 484 g/mol. The Kier molecular flexibility index (Phi) is 6.82. The Hall–Kier alpha value is -3.97. The van der Waals surface area contributed by atoms with Gasteiger partial charge in [0.15, 0.2) is 0 Å². The highest BCUT2D eigenvalue weighted by atomic mass is 16.5. The van der Waals surface area contributed by atoms with E-state index >= 15 is 0 Å². The summed E-state index contributed by atoms with van der Waals surface area (Å²) in [7, 11) is 2.58. The van der Waals surface area contributed by atoms with Crippen LogP contribution in [0.25, 0.3) is 11.0 Å². The summed E-state index contributed by atoms with van der Waals surface area (Å²) in [6, 6.07) is 21.6. The molecule has 0 N–H and O–H groups in total. The highest BCUT2D eigenvalue weighted by molar-refractivity contribution is 6.04. The van der Waals surface area contributed by atoms with Gasteiger partial charge in [0.2, 0.25) is 0 Å². The van der Waals surface area contributed by atoms with E-state index in [2.05, 4.69) is 34.9 Å². The van der Waals surface area contributed by atoms with Gasteiger partial charge in [-0.1, -0.05) is 54.6 Å². The molecular weight excluding hydrogens is 456 g/mol. The average molecular weight is 485 g/mol. The van der Waals surface area contributed by atoms with Crippen LogP contribution in [-0.4, -0.2) is 35.7 Å². The largest absolute Gasteiger partial charge is 0.465 e. The number of rotatable bonds is 8. The zero-order valence-electron chi connectivity index (χ0n) is 20.4. The lowest BCUT2D eigenvalue weighted by Crippen LogP contribution is -2.19. The number of imidazole rings is 1. The molecule has 2 heterocycles. The van der Waals surface area contributed by atoms with Gasteiger partial charge in [-0.2, -0.15) is 0 Å². The third-order valence-electron chi connectivity index (χ3n) is 6.70. The molecule has 0 saturated carbocycles. The molecule has 1 atom stereocenters. The molecular formula is C29H28N2O5. The molecule has 1 unspecified atom stereocenters. The van der Waals surface area contributed by atoms with Gasteiger partial charge in [0, 0.05) is 18.5 Å². The zero-order valence-corrected chi connectivity index (χ0v) is 20.4. The Balaban J connectivity index is 1.40. The fraction of sp³-hybridized carbons (Fsp3) is 0.276. The zero-order chi connectivity index (χ0) is 25.1. The summed E-state index contributed by atoms with van der Waals surface area (Å²) in [5.41, 5.74) is 5.37. The van der Waals surface area contributed by atoms with Crippen LogP contribution in [0.4, 0.5) is 0 Å². The second-order valence-electron chi connectivity index (χ2n) is 8.79. The van der Waals surface area contributed by atoms with E-state index in [0.717, 1.165) is 48.2 Å². The summed E-state index contributed by atoms with van der Waals surface area (Å²) >= 11 is 0. The summed E-state index contributed by atoms with van der Waals surface area (Å²) < 4.78 is 18.5. The van der Waals surface area contributed by atoms with Gasteiger partial charge in [0.25, 0.3) is 0 Å². The molecule has 3 aromatic carbocycles. The Morgan fingerprint density at radius 2 is 1.69 bits per heavy atom. The van der Waals surface area contributed by atoms with Gasteiger partial charge in [-0.05, 0) is 36.1 Å². The minimum Gasteiger partial charge on any atom is -0.465 e. The summed E-state index contributed by atoms with van der Waals surface area (Å²) in [6.45, 7) is 0.958. The summed E-state index contributed by atoms with van der Waals surface area (Å²) in [4.78, 5) is 29.7. The molecule has 0 spiro atoms. The van der Waals surface area contributed by atoms with Gasteiger partial charge in [0.1, 0.15) is 5.82 Å². The van der Waals surface area contributed by atoms with Gasteiger partial charge in [-0.15, -0.1) is 0 Å². The molecule has 0 aliphatic carbocycles. The van der Waals surface area contributed by atoms with E-state index in [-0.39, 0.29) is 23.8 Å². The van der Waals surface area contributed by atoms with Crippen molar-refractivity contribution in [1.29, 1.82) is 0 Å². The third-order valence-corrected chi connectivity index (χ3v) is 6.70. The number of benzene rings is 3. The van der Waals surface area contributed by atoms with E-state index in [4.69, 9.17) is 19.2 Å². The number of carbonyl (C=O) groups excluding carboxylic acids is 2. The molecule has 7 nitrogen and oxygen atoms in total. The van der Waals surface area contributed by atoms with Gasteiger partial charge in [-0.3, -0.25) is 0 Å². The van der Waals surface area contributed by atoms with Crippen molar-refractivity contribution in [3.63, 3.8) is 0 Å². The number of aromatic nitrogens is 2. The van der Waals surface area contributed by atoms with Crippen molar-refractivity contribution in [3.8, 4) is 0 Å². The number of nitrogens with zero attached hydrogens (tertiary/aromatic N) is 2. The number of methoxy groups -OCH3 is 2. The lowest BCUT2D eigenvalue weighted by molar-refractivity contribution is 0.0273. The molecule has 5 rings (SSSR count). The summed E-state index contributed by atoms with van der Waals surface area (Å²) in [5.74, 6) is -0.105. The Bertz CT molecular complexity index is 1410. The molecule has 7 heteroatoms. The summed E-state index contributed by atoms with van der Waals surface area (Å²) in [5, 5.41) is 0. The number of para-hydroxylation sites is 1. The predicted molar refractivity (Wildman–Crippen MR) is 135 cm³/mol. The number of ether oxygens (including phenoxy) is 3. The van der Waals surface area contributed by atoms with Gasteiger partial charge >= 0.3 is 11.9 Å². The molecule has 4 aromatic rings. The van der Waals surface area contributed by atoms with E-state index in [1.165, 1.54) is 19.8 Å². The highest BCUT2D eigenvalue weighted by Gasteiger charge is 2.27. The van der Waals surface area contributed by atoms with Crippen molar-refractivity contribution in [2.24, 2.45) is 0 Å². The number of esters is 2. The fourth-order valence-corrected chi connectivity index (χ4v) is 4.96. The van der Waals surface area contributed by atoms with Gasteiger partial charge in [-0.25, -0.2) is 14.6 Å². The normalized spacial score (nSPS) is 14.6. The van der Waals surface area contributed by atoms with Crippen molar-refractivity contribution in [1.82, 2.24) is 9.55 Å². The lowest BCUT2D eigenvalue weighted by atomic mass is 9.99. The van der Waals surface area contributed by atoms with Crippen molar-refractivity contribution in [2.45, 2.75) is 38.5 Å². The van der Waals surface area contributed by atoms with Crippen molar-refractivity contribution >= 4 is 23.0 Å². The Labute approximate surface area is 209 Å². The molecule has 0 radical (unpaired) electrons. The Morgan fingerprint density at radius 1 is 0.917 bits per heavy atom. The molecule has 0 fully saturated rings. The Morgan fingerprint density at radius 3 is 2.47 bits per heavy atom. The van der Waals surface area contributed by atoms with Crippen LogP contribution in [0.3, 0.4) is 0 Å². The quantitative estimate of drug-likeness (QED) is 0.326. The molecule has 0 saturated heterocycles. The van der Waals surface area contributed by atoms with Crippen LogP contribution in [0.15, 0.2) is 66.7 Å². The van der Waals surface area contributed by atoms with Crippen LogP contribution in [-0.2, 0) is 40.2 Å². The molecule has 0 bridgehead atoms. The first-order valence-electron chi connectivity index (χ1n) is 12.0. The minimum atomic E-state index is -0.596. The van der Waals surface area contributed by atoms with Crippen molar-refractivity contribution in [3.05, 3.63) is 100 Å². The van der Waals surface area contributed by atoms with Gasteiger partial charge < -0.3 is 18.8 Å². The average Bonchev–Trinajstić information content (AvgIpc) is 3.29. The molecule has 184 valence electrons. The first-order chi connectivity index (χ1) is 17.6. The van der Waals surface area contributed by atoms with Crippen LogP contribution in [0, 0.1) is 0 Å². The standard InChI is InChI=1S/C29H28N2O5/c1-34-28(32)22-12-6-10-20(26(22)29(33)35-2)18-36-24-16-17-31-25(15-14-19-8-4-3-5-9-19)30-23-13-7-11-21(24)27(23)31/h3-13,24H,14-18H2,1-2H3. The van der Waals surface area contributed by atoms with Crippen LogP contribution < -0.4 is 0 Å².